The molecule has 0 spiro atoms. The van der Waals surface area contributed by atoms with E-state index in [1.54, 1.807) is 0 Å². The van der Waals surface area contributed by atoms with Gasteiger partial charge in [-0.25, -0.2) is 0 Å². The van der Waals surface area contributed by atoms with Gasteiger partial charge >= 0.3 is 0 Å². The summed E-state index contributed by atoms with van der Waals surface area (Å²) < 4.78 is 5.16. The lowest BCUT2D eigenvalue weighted by molar-refractivity contribution is 0.0955. The van der Waals surface area contributed by atoms with Crippen molar-refractivity contribution in [2.45, 2.75) is 13.0 Å². The van der Waals surface area contributed by atoms with Gasteiger partial charge in [0.05, 0.1) is 6.61 Å². The number of benzene rings is 1. The predicted octanol–water partition coefficient (Wildman–Crippen LogP) is 1.51. The molecule has 1 fully saturated rings. The van der Waals surface area contributed by atoms with Crippen LogP contribution in [0.25, 0.3) is 0 Å². The first-order valence-electron chi connectivity index (χ1n) is 4.81. The van der Waals surface area contributed by atoms with Crippen LogP contribution in [0.3, 0.4) is 0 Å². The fourth-order valence-electron chi connectivity index (χ4n) is 1.38. The third-order valence-corrected chi connectivity index (χ3v) is 2.19. The maximum Gasteiger partial charge on any atom is 0.251 e. The Bertz CT molecular complexity index is 345. The molecule has 1 aromatic rings. The zero-order chi connectivity index (χ0) is 9.97. The van der Waals surface area contributed by atoms with Crippen LogP contribution in [-0.4, -0.2) is 19.1 Å². The number of ether oxygens (including phenoxy) is 1. The zero-order valence-corrected chi connectivity index (χ0v) is 8.12. The van der Waals surface area contributed by atoms with Gasteiger partial charge in [-0.05, 0) is 24.6 Å². The topological polar surface area (TPSA) is 41.6 Å². The molecule has 1 heterocycles. The average molecular weight is 191 g/mol. The molecule has 14 heavy (non-hydrogen) atoms. The van der Waals surface area contributed by atoms with Crippen LogP contribution in [0.2, 0.25) is 0 Å². The molecular weight excluding hydrogens is 178 g/mol. The Hall–Kier alpha value is -1.35. The molecule has 3 heteroatoms. The van der Waals surface area contributed by atoms with Crippen molar-refractivity contribution in [2.24, 2.45) is 0 Å². The summed E-state index contributed by atoms with van der Waals surface area (Å²) in [6.45, 7) is 3.34. The highest BCUT2D eigenvalue weighted by atomic mass is 16.6. The monoisotopic (exact) mass is 191 g/mol. The summed E-state index contributed by atoms with van der Waals surface area (Å²) in [5.74, 6) is -0.0185. The summed E-state index contributed by atoms with van der Waals surface area (Å²) in [4.78, 5) is 11.5. The van der Waals surface area contributed by atoms with Crippen LogP contribution in [0, 0.1) is 0 Å². The molecule has 1 atom stereocenters. The van der Waals surface area contributed by atoms with Crippen molar-refractivity contribution < 1.29 is 9.53 Å². The van der Waals surface area contributed by atoms with E-state index in [9.17, 15) is 4.79 Å². The number of hydrogen-bond acceptors (Lipinski definition) is 2. The van der Waals surface area contributed by atoms with E-state index in [4.69, 9.17) is 4.74 Å². The predicted molar refractivity (Wildman–Crippen MR) is 53.1 cm³/mol. The molecule has 1 N–H and O–H groups in total. The lowest BCUT2D eigenvalue weighted by Crippen LogP contribution is -2.22. The van der Waals surface area contributed by atoms with E-state index >= 15 is 0 Å². The Morgan fingerprint density at radius 2 is 2.43 bits per heavy atom. The van der Waals surface area contributed by atoms with Crippen LogP contribution < -0.4 is 5.32 Å². The summed E-state index contributed by atoms with van der Waals surface area (Å²) in [6, 6.07) is 7.58. The van der Waals surface area contributed by atoms with Gasteiger partial charge in [-0.1, -0.05) is 12.1 Å². The van der Waals surface area contributed by atoms with Crippen molar-refractivity contribution >= 4 is 5.91 Å². The quantitative estimate of drug-likeness (QED) is 0.736. The van der Waals surface area contributed by atoms with E-state index in [-0.39, 0.29) is 12.0 Å². The van der Waals surface area contributed by atoms with Gasteiger partial charge in [-0.15, -0.1) is 0 Å². The van der Waals surface area contributed by atoms with Gasteiger partial charge in [0, 0.05) is 12.1 Å². The minimum absolute atomic E-state index is 0.0185. The highest BCUT2D eigenvalue weighted by Gasteiger charge is 2.25. The van der Waals surface area contributed by atoms with Gasteiger partial charge in [0.1, 0.15) is 6.10 Å². The highest BCUT2D eigenvalue weighted by Crippen LogP contribution is 2.29. The third-order valence-electron chi connectivity index (χ3n) is 2.19. The molecular formula is C11H13NO2. The second-order valence-electron chi connectivity index (χ2n) is 3.31. The maximum atomic E-state index is 11.5. The molecule has 3 nitrogen and oxygen atoms in total. The van der Waals surface area contributed by atoms with Crippen molar-refractivity contribution in [3.8, 4) is 0 Å². The molecule has 0 radical (unpaired) electrons. The molecule has 0 aliphatic carbocycles. The molecule has 1 aromatic carbocycles. The van der Waals surface area contributed by atoms with E-state index < -0.39 is 0 Å². The number of carbonyl (C=O) groups is 1. The molecule has 0 bridgehead atoms. The fraction of sp³-hybridized carbons (Fsp3) is 0.364. The second kappa shape index (κ2) is 3.80. The first kappa shape index (κ1) is 9.21. The Morgan fingerprint density at radius 1 is 1.64 bits per heavy atom. The average Bonchev–Trinajstić information content (AvgIpc) is 3.02. The molecule has 1 aliphatic heterocycles. The Morgan fingerprint density at radius 3 is 3.07 bits per heavy atom. The largest absolute Gasteiger partial charge is 0.368 e. The molecule has 0 saturated carbocycles. The minimum atomic E-state index is -0.0185. The van der Waals surface area contributed by atoms with Crippen LogP contribution in [0.5, 0.6) is 0 Å². The summed E-state index contributed by atoms with van der Waals surface area (Å²) in [5.41, 5.74) is 1.80. The van der Waals surface area contributed by atoms with Crippen molar-refractivity contribution in [1.29, 1.82) is 0 Å². The van der Waals surface area contributed by atoms with Crippen molar-refractivity contribution in [3.05, 3.63) is 35.4 Å². The summed E-state index contributed by atoms with van der Waals surface area (Å²) in [6.07, 6.45) is 0.212. The number of epoxide rings is 1. The van der Waals surface area contributed by atoms with E-state index in [2.05, 4.69) is 5.32 Å². The van der Waals surface area contributed by atoms with Crippen LogP contribution in [0.4, 0.5) is 0 Å². The van der Waals surface area contributed by atoms with Crippen LogP contribution in [0.1, 0.15) is 28.9 Å². The van der Waals surface area contributed by atoms with E-state index in [1.807, 2.05) is 31.2 Å². The molecule has 1 saturated heterocycles. The Balaban J connectivity index is 2.16. The molecule has 74 valence electrons. The van der Waals surface area contributed by atoms with Gasteiger partial charge in [-0.3, -0.25) is 4.79 Å². The van der Waals surface area contributed by atoms with E-state index in [1.165, 1.54) is 0 Å². The Kier molecular flexibility index (Phi) is 2.50. The number of nitrogens with one attached hydrogen (secondary N) is 1. The van der Waals surface area contributed by atoms with Crippen molar-refractivity contribution in [1.82, 2.24) is 5.32 Å². The van der Waals surface area contributed by atoms with Crippen LogP contribution >= 0.6 is 0 Å². The SMILES string of the molecule is CCNC(=O)c1cccc([C@H]2CO2)c1. The van der Waals surface area contributed by atoms with Gasteiger partial charge in [-0.2, -0.15) is 0 Å². The first-order chi connectivity index (χ1) is 6.81. The second-order valence-corrected chi connectivity index (χ2v) is 3.31. The fourth-order valence-corrected chi connectivity index (χ4v) is 1.38. The highest BCUT2D eigenvalue weighted by molar-refractivity contribution is 5.94. The number of hydrogen-bond donors (Lipinski definition) is 1. The Labute approximate surface area is 83.1 Å². The van der Waals surface area contributed by atoms with E-state index in [0.717, 1.165) is 12.2 Å². The molecule has 1 amide bonds. The van der Waals surface area contributed by atoms with Crippen LogP contribution in [-0.2, 0) is 4.74 Å². The third kappa shape index (κ3) is 1.93. The summed E-state index contributed by atoms with van der Waals surface area (Å²) >= 11 is 0. The first-order valence-corrected chi connectivity index (χ1v) is 4.81. The minimum Gasteiger partial charge on any atom is -0.368 e. The summed E-state index contributed by atoms with van der Waals surface area (Å²) in [7, 11) is 0. The molecule has 0 unspecified atom stereocenters. The van der Waals surface area contributed by atoms with Gasteiger partial charge < -0.3 is 10.1 Å². The smallest absolute Gasteiger partial charge is 0.251 e. The lowest BCUT2D eigenvalue weighted by Gasteiger charge is -2.03. The van der Waals surface area contributed by atoms with Crippen molar-refractivity contribution in [3.63, 3.8) is 0 Å². The molecule has 0 aromatic heterocycles. The van der Waals surface area contributed by atoms with Crippen LogP contribution in [0.15, 0.2) is 24.3 Å². The van der Waals surface area contributed by atoms with E-state index in [0.29, 0.717) is 12.1 Å². The van der Waals surface area contributed by atoms with Gasteiger partial charge in [0.25, 0.3) is 5.91 Å². The number of amides is 1. The summed E-state index contributed by atoms with van der Waals surface area (Å²) in [5, 5.41) is 2.77. The van der Waals surface area contributed by atoms with Crippen molar-refractivity contribution in [2.75, 3.05) is 13.2 Å². The standard InChI is InChI=1S/C11H13NO2/c1-2-12-11(13)9-5-3-4-8(6-9)10-7-14-10/h3-6,10H,2,7H2,1H3,(H,12,13)/t10-/m1/s1. The molecule has 1 aliphatic rings. The number of rotatable bonds is 3. The van der Waals surface area contributed by atoms with Gasteiger partial charge in [0.2, 0.25) is 0 Å². The lowest BCUT2D eigenvalue weighted by atomic mass is 10.1. The zero-order valence-electron chi connectivity index (χ0n) is 8.12. The molecule has 2 rings (SSSR count). The normalized spacial score (nSPS) is 19.1. The maximum absolute atomic E-state index is 11.5. The number of carbonyl (C=O) groups excluding carboxylic acids is 1. The van der Waals surface area contributed by atoms with Gasteiger partial charge in [0.15, 0.2) is 0 Å².